The van der Waals surface area contributed by atoms with Crippen LogP contribution in [0.4, 0.5) is 5.69 Å². The van der Waals surface area contributed by atoms with Crippen LogP contribution in [0.1, 0.15) is 10.5 Å². The summed E-state index contributed by atoms with van der Waals surface area (Å²) in [5, 5.41) is 7.08. The Bertz CT molecular complexity index is 591. The molecule has 1 heterocycles. The van der Waals surface area contributed by atoms with E-state index in [1.54, 1.807) is 23.0 Å². The van der Waals surface area contributed by atoms with Crippen molar-refractivity contribution in [3.63, 3.8) is 0 Å². The van der Waals surface area contributed by atoms with Crippen molar-refractivity contribution in [1.29, 1.82) is 0 Å². The van der Waals surface area contributed by atoms with Crippen LogP contribution in [-0.2, 0) is 0 Å². The molecule has 0 saturated carbocycles. The fourth-order valence-corrected chi connectivity index (χ4v) is 1.74. The first-order valence-electron chi connectivity index (χ1n) is 6.41. The van der Waals surface area contributed by atoms with Crippen LogP contribution >= 0.6 is 0 Å². The summed E-state index contributed by atoms with van der Waals surface area (Å²) in [6.07, 6.45) is 1.75. The molecule has 0 spiro atoms. The number of nitrogen functional groups attached to an aromatic ring is 1. The van der Waals surface area contributed by atoms with Gasteiger partial charge in [0.25, 0.3) is 5.91 Å². The Morgan fingerprint density at radius 3 is 2.90 bits per heavy atom. The minimum absolute atomic E-state index is 0.172. The standard InChI is InChI=1S/C14H19N5O/c1-18(2)9-7-16-14(20)13-6-8-19(17-13)12-5-3-4-11(15)10-12/h3-6,8,10H,7,9,15H2,1-2H3,(H,16,20). The summed E-state index contributed by atoms with van der Waals surface area (Å²) in [6, 6.07) is 9.04. The lowest BCUT2D eigenvalue weighted by atomic mass is 10.3. The van der Waals surface area contributed by atoms with Crippen LogP contribution in [-0.4, -0.2) is 47.8 Å². The highest BCUT2D eigenvalue weighted by Gasteiger charge is 2.09. The molecule has 0 aliphatic heterocycles. The van der Waals surface area contributed by atoms with Crippen LogP contribution in [0, 0.1) is 0 Å². The number of hydrogen-bond acceptors (Lipinski definition) is 4. The van der Waals surface area contributed by atoms with E-state index in [0.29, 0.717) is 17.9 Å². The number of nitrogens with zero attached hydrogens (tertiary/aromatic N) is 3. The lowest BCUT2D eigenvalue weighted by Crippen LogP contribution is -2.31. The van der Waals surface area contributed by atoms with Crippen molar-refractivity contribution in [2.75, 3.05) is 32.9 Å². The van der Waals surface area contributed by atoms with Crippen LogP contribution in [0.15, 0.2) is 36.5 Å². The van der Waals surface area contributed by atoms with Crippen molar-refractivity contribution < 1.29 is 4.79 Å². The van der Waals surface area contributed by atoms with Gasteiger partial charge in [-0.3, -0.25) is 4.79 Å². The minimum atomic E-state index is -0.172. The summed E-state index contributed by atoms with van der Waals surface area (Å²) < 4.78 is 1.64. The fraction of sp³-hybridized carbons (Fsp3) is 0.286. The molecule has 2 aromatic rings. The summed E-state index contributed by atoms with van der Waals surface area (Å²) in [6.45, 7) is 1.39. The second-order valence-corrected chi connectivity index (χ2v) is 4.80. The van der Waals surface area contributed by atoms with Gasteiger partial charge in [0.05, 0.1) is 5.69 Å². The second-order valence-electron chi connectivity index (χ2n) is 4.80. The van der Waals surface area contributed by atoms with Gasteiger partial charge in [-0.05, 0) is 38.4 Å². The van der Waals surface area contributed by atoms with E-state index in [0.717, 1.165) is 12.2 Å². The highest BCUT2D eigenvalue weighted by molar-refractivity contribution is 5.92. The van der Waals surface area contributed by atoms with Gasteiger partial charge in [0, 0.05) is 25.0 Å². The number of carbonyl (C=O) groups is 1. The van der Waals surface area contributed by atoms with Gasteiger partial charge in [0.15, 0.2) is 5.69 Å². The molecule has 0 saturated heterocycles. The molecule has 0 radical (unpaired) electrons. The summed E-state index contributed by atoms with van der Waals surface area (Å²) in [7, 11) is 3.92. The van der Waals surface area contributed by atoms with E-state index in [-0.39, 0.29) is 5.91 Å². The van der Waals surface area contributed by atoms with Gasteiger partial charge in [0.2, 0.25) is 0 Å². The van der Waals surface area contributed by atoms with Crippen molar-refractivity contribution in [2.45, 2.75) is 0 Å². The first-order chi connectivity index (χ1) is 9.56. The van der Waals surface area contributed by atoms with Gasteiger partial charge < -0.3 is 16.0 Å². The highest BCUT2D eigenvalue weighted by atomic mass is 16.1. The molecule has 3 N–H and O–H groups in total. The van der Waals surface area contributed by atoms with E-state index in [4.69, 9.17) is 5.73 Å². The van der Waals surface area contributed by atoms with E-state index < -0.39 is 0 Å². The number of benzene rings is 1. The molecule has 0 fully saturated rings. The zero-order valence-electron chi connectivity index (χ0n) is 11.7. The van der Waals surface area contributed by atoms with Gasteiger partial charge >= 0.3 is 0 Å². The third kappa shape index (κ3) is 3.58. The van der Waals surface area contributed by atoms with E-state index >= 15 is 0 Å². The van der Waals surface area contributed by atoms with Gasteiger partial charge in [0.1, 0.15) is 0 Å². The van der Waals surface area contributed by atoms with Crippen LogP contribution in [0.5, 0.6) is 0 Å². The van der Waals surface area contributed by atoms with Gasteiger partial charge in [-0.25, -0.2) is 4.68 Å². The molecule has 0 unspecified atom stereocenters. The first-order valence-corrected chi connectivity index (χ1v) is 6.41. The molecule has 1 aromatic heterocycles. The number of amides is 1. The van der Waals surface area contributed by atoms with E-state index in [2.05, 4.69) is 10.4 Å². The first kappa shape index (κ1) is 14.1. The maximum Gasteiger partial charge on any atom is 0.271 e. The molecule has 0 aliphatic rings. The van der Waals surface area contributed by atoms with Crippen molar-refractivity contribution in [2.24, 2.45) is 0 Å². The molecule has 2 rings (SSSR count). The van der Waals surface area contributed by atoms with E-state index in [1.807, 2.05) is 37.2 Å². The van der Waals surface area contributed by atoms with Crippen LogP contribution < -0.4 is 11.1 Å². The Kier molecular flexibility index (Phi) is 4.37. The Hall–Kier alpha value is -2.34. The minimum Gasteiger partial charge on any atom is -0.399 e. The van der Waals surface area contributed by atoms with Crippen LogP contribution in [0.3, 0.4) is 0 Å². The molecule has 20 heavy (non-hydrogen) atoms. The Morgan fingerprint density at radius 1 is 1.40 bits per heavy atom. The maximum atomic E-state index is 11.9. The van der Waals surface area contributed by atoms with Gasteiger partial charge in [-0.15, -0.1) is 0 Å². The summed E-state index contributed by atoms with van der Waals surface area (Å²) >= 11 is 0. The highest BCUT2D eigenvalue weighted by Crippen LogP contribution is 2.11. The predicted molar refractivity (Wildman–Crippen MR) is 78.9 cm³/mol. The summed E-state index contributed by atoms with van der Waals surface area (Å²) in [4.78, 5) is 13.9. The number of aromatic nitrogens is 2. The molecular formula is C14H19N5O. The number of hydrogen-bond donors (Lipinski definition) is 2. The van der Waals surface area contributed by atoms with Crippen molar-refractivity contribution in [3.05, 3.63) is 42.2 Å². The SMILES string of the molecule is CN(C)CCNC(=O)c1ccn(-c2cccc(N)c2)n1. The zero-order valence-corrected chi connectivity index (χ0v) is 11.7. The summed E-state index contributed by atoms with van der Waals surface area (Å²) in [5.41, 5.74) is 7.62. The summed E-state index contributed by atoms with van der Waals surface area (Å²) in [5.74, 6) is -0.172. The van der Waals surface area contributed by atoms with E-state index in [9.17, 15) is 4.79 Å². The normalized spacial score (nSPS) is 10.8. The monoisotopic (exact) mass is 273 g/mol. The maximum absolute atomic E-state index is 11.9. The third-order valence-electron chi connectivity index (χ3n) is 2.80. The Balaban J connectivity index is 2.03. The Labute approximate surface area is 118 Å². The molecule has 0 aliphatic carbocycles. The number of anilines is 1. The van der Waals surface area contributed by atoms with Crippen LogP contribution in [0.2, 0.25) is 0 Å². The third-order valence-corrected chi connectivity index (χ3v) is 2.80. The van der Waals surface area contributed by atoms with Gasteiger partial charge in [-0.2, -0.15) is 5.10 Å². The molecule has 6 heteroatoms. The zero-order chi connectivity index (χ0) is 14.5. The molecule has 1 amide bonds. The molecule has 0 bridgehead atoms. The predicted octanol–water partition coefficient (Wildman–Crippen LogP) is 0.746. The lowest BCUT2D eigenvalue weighted by Gasteiger charge is -2.09. The largest absolute Gasteiger partial charge is 0.399 e. The second kappa shape index (κ2) is 6.21. The molecule has 106 valence electrons. The van der Waals surface area contributed by atoms with Crippen molar-refractivity contribution in [3.8, 4) is 5.69 Å². The average Bonchev–Trinajstić information content (AvgIpc) is 2.87. The lowest BCUT2D eigenvalue weighted by molar-refractivity contribution is 0.0945. The Morgan fingerprint density at radius 2 is 2.20 bits per heavy atom. The molecular weight excluding hydrogens is 254 g/mol. The average molecular weight is 273 g/mol. The fourth-order valence-electron chi connectivity index (χ4n) is 1.74. The van der Waals surface area contributed by atoms with Gasteiger partial charge in [-0.1, -0.05) is 6.07 Å². The number of likely N-dealkylation sites (N-methyl/N-ethyl adjacent to an activating group) is 1. The topological polar surface area (TPSA) is 76.2 Å². The number of carbonyl (C=O) groups excluding carboxylic acids is 1. The van der Waals surface area contributed by atoms with Crippen LogP contribution in [0.25, 0.3) is 5.69 Å². The smallest absolute Gasteiger partial charge is 0.271 e. The molecule has 6 nitrogen and oxygen atoms in total. The molecule has 0 atom stereocenters. The number of rotatable bonds is 5. The quantitative estimate of drug-likeness (QED) is 0.788. The van der Waals surface area contributed by atoms with E-state index in [1.165, 1.54) is 0 Å². The van der Waals surface area contributed by atoms with Crippen molar-refractivity contribution in [1.82, 2.24) is 20.0 Å². The van der Waals surface area contributed by atoms with Crippen molar-refractivity contribution >= 4 is 11.6 Å². The molecule has 1 aromatic carbocycles. The number of nitrogens with one attached hydrogen (secondary N) is 1. The number of nitrogens with two attached hydrogens (primary N) is 1.